The second-order valence-electron chi connectivity index (χ2n) is 7.50. The number of pyridine rings is 1. The first-order chi connectivity index (χ1) is 16.0. The number of carbonyl (C=O) groups excluding carboxylic acids is 1. The van der Waals surface area contributed by atoms with E-state index in [2.05, 4.69) is 4.98 Å². The van der Waals surface area contributed by atoms with E-state index >= 15 is 0 Å². The smallest absolute Gasteiger partial charge is 0.289 e. The van der Waals surface area contributed by atoms with E-state index in [0.717, 1.165) is 16.8 Å². The lowest BCUT2D eigenvalue weighted by Gasteiger charge is -2.14. The number of ketones is 1. The minimum Gasteiger partial charge on any atom is -0.289 e. The maximum atomic E-state index is 13.1. The lowest BCUT2D eigenvalue weighted by molar-refractivity contribution is -0.143. The Labute approximate surface area is 190 Å². The van der Waals surface area contributed by atoms with Gasteiger partial charge < -0.3 is 0 Å². The zero-order valence-corrected chi connectivity index (χ0v) is 17.3. The van der Waals surface area contributed by atoms with E-state index in [9.17, 15) is 31.1 Å². The molecule has 0 fully saturated rings. The number of carbonyl (C=O) groups is 1. The number of hydrogen-bond donors (Lipinski definition) is 0. The van der Waals surface area contributed by atoms with Crippen LogP contribution in [0.3, 0.4) is 0 Å². The van der Waals surface area contributed by atoms with Crippen molar-refractivity contribution < 1.29 is 31.1 Å². The van der Waals surface area contributed by atoms with Gasteiger partial charge in [0.05, 0.1) is 16.8 Å². The van der Waals surface area contributed by atoms with Gasteiger partial charge in [-0.15, -0.1) is 0 Å². The first-order valence-electron chi connectivity index (χ1n) is 9.98. The first-order valence-corrected chi connectivity index (χ1v) is 9.98. The average Bonchev–Trinajstić information content (AvgIpc) is 2.83. The maximum Gasteiger partial charge on any atom is 0.416 e. The molecule has 0 aliphatic carbocycles. The minimum absolute atomic E-state index is 0.00795. The molecule has 3 aromatic carbocycles. The Morgan fingerprint density at radius 2 is 1.15 bits per heavy atom. The Morgan fingerprint density at radius 3 is 1.65 bits per heavy atom. The van der Waals surface area contributed by atoms with E-state index < -0.39 is 34.8 Å². The highest BCUT2D eigenvalue weighted by atomic mass is 19.4. The zero-order chi connectivity index (χ0) is 24.5. The van der Waals surface area contributed by atoms with Gasteiger partial charge in [0, 0.05) is 28.5 Å². The summed E-state index contributed by atoms with van der Waals surface area (Å²) < 4.78 is 78.6. The molecule has 0 saturated heterocycles. The summed E-state index contributed by atoms with van der Waals surface area (Å²) in [7, 11) is 0. The van der Waals surface area contributed by atoms with E-state index in [4.69, 9.17) is 0 Å². The fourth-order valence-corrected chi connectivity index (χ4v) is 3.41. The van der Waals surface area contributed by atoms with Gasteiger partial charge in [-0.3, -0.25) is 9.78 Å². The van der Waals surface area contributed by atoms with Crippen LogP contribution in [0.15, 0.2) is 91.1 Å². The fraction of sp³-hybridized carbons (Fsp3) is 0.0769. The SMILES string of the molecule is O=C(c1ccc(-c2ccc(-c3ccccc3)nc2)cc1)c1cc(C(F)(F)F)cc(C(F)(F)F)c1. The lowest BCUT2D eigenvalue weighted by Crippen LogP contribution is -2.13. The molecule has 8 heteroatoms. The average molecular weight is 471 g/mol. The number of benzene rings is 3. The number of rotatable bonds is 4. The maximum absolute atomic E-state index is 13.1. The minimum atomic E-state index is -5.03. The molecule has 0 spiro atoms. The Kier molecular flexibility index (Phi) is 6.00. The van der Waals surface area contributed by atoms with Gasteiger partial charge in [-0.25, -0.2) is 0 Å². The predicted molar refractivity (Wildman–Crippen MR) is 115 cm³/mol. The van der Waals surface area contributed by atoms with Crippen molar-refractivity contribution in [3.8, 4) is 22.4 Å². The van der Waals surface area contributed by atoms with Crippen LogP contribution in [0.4, 0.5) is 26.3 Å². The molecule has 0 amide bonds. The van der Waals surface area contributed by atoms with Crippen LogP contribution in [0, 0.1) is 0 Å². The summed E-state index contributed by atoms with van der Waals surface area (Å²) in [4.78, 5) is 17.1. The van der Waals surface area contributed by atoms with Crippen molar-refractivity contribution in [2.45, 2.75) is 12.4 Å². The summed E-state index contributed by atoms with van der Waals surface area (Å²) in [5.74, 6) is -0.944. The lowest BCUT2D eigenvalue weighted by atomic mass is 9.96. The Balaban J connectivity index is 1.61. The number of alkyl halides is 6. The second-order valence-corrected chi connectivity index (χ2v) is 7.50. The molecule has 0 N–H and O–H groups in total. The molecule has 0 bridgehead atoms. The van der Waals surface area contributed by atoms with E-state index in [1.54, 1.807) is 18.3 Å². The van der Waals surface area contributed by atoms with Crippen LogP contribution in [0.5, 0.6) is 0 Å². The van der Waals surface area contributed by atoms with E-state index in [-0.39, 0.29) is 11.6 Å². The topological polar surface area (TPSA) is 30.0 Å². The molecule has 0 radical (unpaired) electrons. The molecule has 34 heavy (non-hydrogen) atoms. The van der Waals surface area contributed by atoms with Gasteiger partial charge in [0.15, 0.2) is 5.78 Å². The van der Waals surface area contributed by atoms with Crippen LogP contribution >= 0.6 is 0 Å². The molecule has 0 saturated carbocycles. The highest BCUT2D eigenvalue weighted by Gasteiger charge is 2.37. The van der Waals surface area contributed by atoms with Crippen molar-refractivity contribution in [3.05, 3.63) is 113 Å². The zero-order valence-electron chi connectivity index (χ0n) is 17.3. The molecule has 4 rings (SSSR count). The number of nitrogens with zero attached hydrogens (tertiary/aromatic N) is 1. The summed E-state index contributed by atoms with van der Waals surface area (Å²) in [6.07, 6.45) is -8.42. The third-order valence-corrected chi connectivity index (χ3v) is 5.16. The highest BCUT2D eigenvalue weighted by Crippen LogP contribution is 2.37. The summed E-state index contributed by atoms with van der Waals surface area (Å²) >= 11 is 0. The molecular weight excluding hydrogens is 456 g/mol. The van der Waals surface area contributed by atoms with Crippen molar-refractivity contribution in [1.82, 2.24) is 4.98 Å². The molecule has 1 heterocycles. The van der Waals surface area contributed by atoms with Crippen LogP contribution < -0.4 is 0 Å². The van der Waals surface area contributed by atoms with Crippen molar-refractivity contribution >= 4 is 5.78 Å². The number of hydrogen-bond acceptors (Lipinski definition) is 2. The van der Waals surface area contributed by atoms with Crippen LogP contribution in [0.2, 0.25) is 0 Å². The van der Waals surface area contributed by atoms with Gasteiger partial charge >= 0.3 is 12.4 Å². The fourth-order valence-electron chi connectivity index (χ4n) is 3.41. The van der Waals surface area contributed by atoms with E-state index in [1.165, 1.54) is 12.1 Å². The summed E-state index contributed by atoms with van der Waals surface area (Å²) in [6, 6.07) is 19.8. The van der Waals surface area contributed by atoms with Crippen molar-refractivity contribution in [1.29, 1.82) is 0 Å². The number of halogens is 6. The molecule has 0 atom stereocenters. The highest BCUT2D eigenvalue weighted by molar-refractivity contribution is 6.09. The standard InChI is InChI=1S/C26H15F6NO/c27-25(28,29)21-12-20(13-22(14-21)26(30,31)32)24(34)18-8-6-16(7-9-18)19-10-11-23(33-15-19)17-4-2-1-3-5-17/h1-15H. The molecule has 0 aliphatic rings. The first kappa shape index (κ1) is 23.2. The third-order valence-electron chi connectivity index (χ3n) is 5.16. The summed E-state index contributed by atoms with van der Waals surface area (Å²) in [5, 5.41) is 0. The van der Waals surface area contributed by atoms with E-state index in [0.29, 0.717) is 17.7 Å². The Bertz CT molecular complexity index is 1280. The van der Waals surface area contributed by atoms with Crippen LogP contribution in [-0.4, -0.2) is 10.8 Å². The van der Waals surface area contributed by atoms with Crippen LogP contribution in [0.1, 0.15) is 27.0 Å². The third kappa shape index (κ3) is 5.01. The van der Waals surface area contributed by atoms with Crippen LogP contribution in [-0.2, 0) is 12.4 Å². The monoisotopic (exact) mass is 471 g/mol. The van der Waals surface area contributed by atoms with E-state index in [1.807, 2.05) is 42.5 Å². The quantitative estimate of drug-likeness (QED) is 0.226. The summed E-state index contributed by atoms with van der Waals surface area (Å²) in [6.45, 7) is 0. The molecule has 4 aromatic rings. The van der Waals surface area contributed by atoms with Crippen molar-refractivity contribution in [3.63, 3.8) is 0 Å². The largest absolute Gasteiger partial charge is 0.416 e. The van der Waals surface area contributed by atoms with Crippen LogP contribution in [0.25, 0.3) is 22.4 Å². The molecule has 0 aliphatic heterocycles. The molecular formula is C26H15F6NO. The van der Waals surface area contributed by atoms with Gasteiger partial charge in [-0.05, 0) is 29.8 Å². The molecule has 172 valence electrons. The van der Waals surface area contributed by atoms with Gasteiger partial charge in [-0.2, -0.15) is 26.3 Å². The molecule has 2 nitrogen and oxygen atoms in total. The summed E-state index contributed by atoms with van der Waals surface area (Å²) in [5.41, 5.74) is -0.677. The Hall–Kier alpha value is -3.94. The Morgan fingerprint density at radius 1 is 0.588 bits per heavy atom. The molecule has 1 aromatic heterocycles. The molecule has 0 unspecified atom stereocenters. The van der Waals surface area contributed by atoms with Gasteiger partial charge in [0.2, 0.25) is 0 Å². The van der Waals surface area contributed by atoms with Gasteiger partial charge in [-0.1, -0.05) is 60.7 Å². The van der Waals surface area contributed by atoms with Crippen molar-refractivity contribution in [2.24, 2.45) is 0 Å². The normalized spacial score (nSPS) is 11.9. The predicted octanol–water partition coefficient (Wildman–Crippen LogP) is 7.68. The van der Waals surface area contributed by atoms with Gasteiger partial charge in [0.25, 0.3) is 0 Å². The van der Waals surface area contributed by atoms with Crippen molar-refractivity contribution in [2.75, 3.05) is 0 Å². The van der Waals surface area contributed by atoms with Gasteiger partial charge in [0.1, 0.15) is 0 Å². The second kappa shape index (κ2) is 8.78. The number of aromatic nitrogens is 1.